The van der Waals surface area contributed by atoms with Gasteiger partial charge in [0, 0.05) is 30.9 Å². The number of anilines is 1. The van der Waals surface area contributed by atoms with Crippen molar-refractivity contribution in [3.05, 3.63) is 96.2 Å². The molecule has 3 heterocycles. The van der Waals surface area contributed by atoms with Gasteiger partial charge >= 0.3 is 6.01 Å². The van der Waals surface area contributed by atoms with Crippen LogP contribution in [0, 0.1) is 28.8 Å². The maximum absolute atomic E-state index is 15.7. The fourth-order valence-corrected chi connectivity index (χ4v) is 4.50. The first-order chi connectivity index (χ1) is 19.7. The van der Waals surface area contributed by atoms with E-state index in [1.165, 1.54) is 30.5 Å². The Hall–Kier alpha value is -5.70. The SMILES string of the molecule is C=CC(=O)NCc1ccc(-c2c(-c3ccc(Oc4ncc(F)cn4)c(F)c3)c3c(N)ncc(C#N)c3n2C)c(F)c1. The molecule has 0 aliphatic carbocycles. The van der Waals surface area contributed by atoms with Crippen LogP contribution in [0.1, 0.15) is 11.1 Å². The third-order valence-corrected chi connectivity index (χ3v) is 6.32. The van der Waals surface area contributed by atoms with E-state index in [1.54, 1.807) is 17.7 Å². The minimum absolute atomic E-state index is 0.0560. The second-order valence-corrected chi connectivity index (χ2v) is 8.84. The smallest absolute Gasteiger partial charge is 0.322 e. The second-order valence-electron chi connectivity index (χ2n) is 8.84. The van der Waals surface area contributed by atoms with Crippen LogP contribution in [0.5, 0.6) is 11.8 Å². The molecule has 0 fully saturated rings. The average Bonchev–Trinajstić information content (AvgIpc) is 3.27. The molecule has 3 N–H and O–H groups in total. The Morgan fingerprint density at radius 1 is 1.12 bits per heavy atom. The van der Waals surface area contributed by atoms with Gasteiger partial charge in [-0.05, 0) is 41.5 Å². The number of nitrogen functional groups attached to an aromatic ring is 1. The number of amides is 1. The fraction of sp³-hybridized carbons (Fsp3) is 0.0690. The maximum Gasteiger partial charge on any atom is 0.322 e. The summed E-state index contributed by atoms with van der Waals surface area (Å²) in [6.07, 6.45) is 4.19. The van der Waals surface area contributed by atoms with Crippen LogP contribution in [-0.2, 0) is 18.4 Å². The Bertz CT molecular complexity index is 1880. The molecule has 41 heavy (non-hydrogen) atoms. The Morgan fingerprint density at radius 3 is 2.54 bits per heavy atom. The van der Waals surface area contributed by atoms with E-state index in [0.29, 0.717) is 33.3 Å². The van der Waals surface area contributed by atoms with E-state index in [9.17, 15) is 14.4 Å². The van der Waals surface area contributed by atoms with Crippen LogP contribution in [0.15, 0.2) is 67.6 Å². The number of hydrogen-bond donors (Lipinski definition) is 2. The Balaban J connectivity index is 1.68. The van der Waals surface area contributed by atoms with E-state index >= 15 is 8.78 Å². The van der Waals surface area contributed by atoms with Crippen LogP contribution >= 0.6 is 0 Å². The number of carbonyl (C=O) groups excluding carboxylic acids is 1. The standard InChI is InChI=1S/C29H20F3N7O2/c1-3-23(40)35-11-15-4-6-19(20(31)8-15)27-24(25-26(39(27)2)17(10-33)12-36-28(25)34)16-5-7-22(21(32)9-16)41-29-37-13-18(30)14-38-29/h3-9,12-14H,1,11H2,2H3,(H2,34,36)(H,35,40). The number of carbonyl (C=O) groups is 1. The lowest BCUT2D eigenvalue weighted by Crippen LogP contribution is -2.20. The topological polar surface area (TPSA) is 132 Å². The lowest BCUT2D eigenvalue weighted by molar-refractivity contribution is -0.116. The van der Waals surface area contributed by atoms with Crippen LogP contribution < -0.4 is 15.8 Å². The molecule has 1 amide bonds. The van der Waals surface area contributed by atoms with Crippen molar-refractivity contribution in [1.29, 1.82) is 5.26 Å². The molecule has 0 unspecified atom stereocenters. The number of nitrogens with one attached hydrogen (secondary N) is 1. The Morgan fingerprint density at radius 2 is 1.88 bits per heavy atom. The van der Waals surface area contributed by atoms with E-state index < -0.39 is 23.4 Å². The number of nitriles is 1. The van der Waals surface area contributed by atoms with Crippen LogP contribution in [0.4, 0.5) is 19.0 Å². The normalized spacial score (nSPS) is 10.8. The number of rotatable bonds is 7. The molecular weight excluding hydrogens is 535 g/mol. The molecule has 0 radical (unpaired) electrons. The van der Waals surface area contributed by atoms with Gasteiger partial charge in [-0.1, -0.05) is 18.7 Å². The summed E-state index contributed by atoms with van der Waals surface area (Å²) in [5.74, 6) is -2.70. The number of nitrogens with two attached hydrogens (primary N) is 1. The molecule has 0 saturated heterocycles. The number of aromatic nitrogens is 4. The summed E-state index contributed by atoms with van der Waals surface area (Å²) in [6, 6.07) is 10.2. The number of pyridine rings is 1. The first-order valence-corrected chi connectivity index (χ1v) is 12.0. The molecule has 2 aromatic carbocycles. The van der Waals surface area contributed by atoms with Gasteiger partial charge in [-0.3, -0.25) is 4.79 Å². The summed E-state index contributed by atoms with van der Waals surface area (Å²) in [6.45, 7) is 3.46. The van der Waals surface area contributed by atoms with Gasteiger partial charge in [-0.2, -0.15) is 5.26 Å². The second kappa shape index (κ2) is 10.8. The van der Waals surface area contributed by atoms with Crippen LogP contribution in [0.25, 0.3) is 33.3 Å². The monoisotopic (exact) mass is 555 g/mol. The van der Waals surface area contributed by atoms with Gasteiger partial charge in [0.15, 0.2) is 17.4 Å². The number of ether oxygens (including phenoxy) is 1. The van der Waals surface area contributed by atoms with Crippen molar-refractivity contribution in [2.24, 2.45) is 7.05 Å². The first kappa shape index (κ1) is 26.9. The summed E-state index contributed by atoms with van der Waals surface area (Å²) in [4.78, 5) is 23.0. The van der Waals surface area contributed by atoms with Gasteiger partial charge < -0.3 is 20.4 Å². The minimum atomic E-state index is -0.810. The molecule has 0 saturated carbocycles. The molecule has 5 rings (SSSR count). The number of fused-ring (bicyclic) bond motifs is 1. The third kappa shape index (κ3) is 5.04. The van der Waals surface area contributed by atoms with E-state index in [1.807, 2.05) is 0 Å². The van der Waals surface area contributed by atoms with Gasteiger partial charge in [0.25, 0.3) is 0 Å². The average molecular weight is 556 g/mol. The highest BCUT2D eigenvalue weighted by Crippen LogP contribution is 2.44. The minimum Gasteiger partial charge on any atom is -0.421 e. The highest BCUT2D eigenvalue weighted by molar-refractivity contribution is 6.10. The number of nitrogens with zero attached hydrogens (tertiary/aromatic N) is 5. The van der Waals surface area contributed by atoms with Gasteiger partial charge in [0.05, 0.1) is 34.6 Å². The summed E-state index contributed by atoms with van der Waals surface area (Å²) in [7, 11) is 1.64. The van der Waals surface area contributed by atoms with E-state index in [2.05, 4.69) is 32.9 Å². The molecule has 0 aliphatic heterocycles. The van der Waals surface area contributed by atoms with Gasteiger partial charge in [-0.25, -0.2) is 28.1 Å². The van der Waals surface area contributed by atoms with Crippen molar-refractivity contribution in [2.75, 3.05) is 5.73 Å². The highest BCUT2D eigenvalue weighted by atomic mass is 19.1. The largest absolute Gasteiger partial charge is 0.421 e. The summed E-state index contributed by atoms with van der Waals surface area (Å²) in [5.41, 5.74) is 8.40. The molecular formula is C29H20F3N7O2. The van der Waals surface area contributed by atoms with Crippen molar-refractivity contribution in [2.45, 2.75) is 6.54 Å². The van der Waals surface area contributed by atoms with Crippen LogP contribution in [0.3, 0.4) is 0 Å². The van der Waals surface area contributed by atoms with E-state index in [0.717, 1.165) is 24.5 Å². The molecule has 12 heteroatoms. The molecule has 204 valence electrons. The van der Waals surface area contributed by atoms with E-state index in [4.69, 9.17) is 10.5 Å². The first-order valence-electron chi connectivity index (χ1n) is 12.0. The third-order valence-electron chi connectivity index (χ3n) is 6.32. The summed E-state index contributed by atoms with van der Waals surface area (Å²) < 4.78 is 51.1. The van der Waals surface area contributed by atoms with Crippen molar-refractivity contribution >= 4 is 22.6 Å². The van der Waals surface area contributed by atoms with Gasteiger partial charge in [0.2, 0.25) is 5.91 Å². The number of hydrogen-bond acceptors (Lipinski definition) is 7. The number of benzene rings is 2. The van der Waals surface area contributed by atoms with Crippen molar-refractivity contribution in [3.63, 3.8) is 0 Å². The molecule has 3 aromatic heterocycles. The Labute approximate surface area is 231 Å². The molecule has 0 aliphatic rings. The van der Waals surface area contributed by atoms with Gasteiger partial charge in [0.1, 0.15) is 17.7 Å². The molecule has 0 atom stereocenters. The van der Waals surface area contributed by atoms with Crippen molar-refractivity contribution in [3.8, 4) is 40.2 Å². The summed E-state index contributed by atoms with van der Waals surface area (Å²) in [5, 5.41) is 12.7. The molecule has 0 spiro atoms. The van der Waals surface area contributed by atoms with Gasteiger partial charge in [-0.15, -0.1) is 0 Å². The van der Waals surface area contributed by atoms with Crippen LogP contribution in [-0.4, -0.2) is 25.4 Å². The highest BCUT2D eigenvalue weighted by Gasteiger charge is 2.26. The van der Waals surface area contributed by atoms with Crippen LogP contribution in [0.2, 0.25) is 0 Å². The van der Waals surface area contributed by atoms with Crippen molar-refractivity contribution in [1.82, 2.24) is 24.8 Å². The lowest BCUT2D eigenvalue weighted by atomic mass is 9.97. The zero-order chi connectivity index (χ0) is 29.3. The number of aryl methyl sites for hydroxylation is 1. The summed E-state index contributed by atoms with van der Waals surface area (Å²) >= 11 is 0. The zero-order valence-corrected chi connectivity index (χ0v) is 21.5. The molecule has 9 nitrogen and oxygen atoms in total. The maximum atomic E-state index is 15.7. The Kier molecular flexibility index (Phi) is 7.09. The predicted molar refractivity (Wildman–Crippen MR) is 145 cm³/mol. The quantitative estimate of drug-likeness (QED) is 0.265. The predicted octanol–water partition coefficient (Wildman–Crippen LogP) is 5.16. The van der Waals surface area contributed by atoms with E-state index in [-0.39, 0.29) is 35.2 Å². The zero-order valence-electron chi connectivity index (χ0n) is 21.5. The van der Waals surface area contributed by atoms with Crippen molar-refractivity contribution < 1.29 is 22.7 Å². The molecule has 0 bridgehead atoms. The fourth-order valence-electron chi connectivity index (χ4n) is 4.50. The molecule has 5 aromatic rings. The lowest BCUT2D eigenvalue weighted by Gasteiger charge is -2.13. The number of halogens is 3.